The third-order valence-electron chi connectivity index (χ3n) is 3.90. The van der Waals surface area contributed by atoms with Crippen LogP contribution in [0.5, 0.6) is 0 Å². The first-order valence-electron chi connectivity index (χ1n) is 7.74. The number of carbonyl (C=O) groups is 2. The summed E-state index contributed by atoms with van der Waals surface area (Å²) in [6, 6.07) is 14.1. The van der Waals surface area contributed by atoms with Gasteiger partial charge in [-0.25, -0.2) is 9.59 Å². The van der Waals surface area contributed by atoms with Crippen molar-refractivity contribution in [3.8, 4) is 0 Å². The molecule has 3 N–H and O–H groups in total. The van der Waals surface area contributed by atoms with Crippen LogP contribution in [0, 0.1) is 6.92 Å². The van der Waals surface area contributed by atoms with Gasteiger partial charge in [0.15, 0.2) is 0 Å². The van der Waals surface area contributed by atoms with Gasteiger partial charge >= 0.3 is 12.0 Å². The molecule has 0 aliphatic rings. The highest BCUT2D eigenvalue weighted by Gasteiger charge is 2.24. The predicted molar refractivity (Wildman–Crippen MR) is 93.0 cm³/mol. The average molecular weight is 326 g/mol. The van der Waals surface area contributed by atoms with Crippen molar-refractivity contribution in [3.63, 3.8) is 0 Å². The van der Waals surface area contributed by atoms with Crippen LogP contribution in [-0.2, 0) is 12.1 Å². The lowest BCUT2D eigenvalue weighted by Crippen LogP contribution is -2.46. The standard InChI is InChI=1S/C19H22N2O3/c1-13-6-4-5-7-16(13)19(2,3)21-18(24)20-12-14-8-10-15(11-9-14)17(22)23/h4-11H,12H2,1-3H3,(H,22,23)(H2,20,21,24). The maximum absolute atomic E-state index is 12.2. The van der Waals surface area contributed by atoms with Gasteiger partial charge in [-0.15, -0.1) is 0 Å². The molecule has 0 saturated carbocycles. The quantitative estimate of drug-likeness (QED) is 0.787. The molecule has 2 amide bonds. The van der Waals surface area contributed by atoms with Crippen molar-refractivity contribution in [2.45, 2.75) is 32.9 Å². The summed E-state index contributed by atoms with van der Waals surface area (Å²) < 4.78 is 0. The van der Waals surface area contributed by atoms with Crippen LogP contribution in [0.2, 0.25) is 0 Å². The Kier molecular flexibility index (Phi) is 5.24. The molecule has 0 spiro atoms. The fraction of sp³-hybridized carbons (Fsp3) is 0.263. The molecule has 0 aliphatic carbocycles. The fourth-order valence-electron chi connectivity index (χ4n) is 2.62. The van der Waals surface area contributed by atoms with Gasteiger partial charge in [-0.3, -0.25) is 0 Å². The smallest absolute Gasteiger partial charge is 0.335 e. The number of aromatic carboxylic acids is 1. The van der Waals surface area contributed by atoms with Crippen LogP contribution < -0.4 is 10.6 Å². The Morgan fingerprint density at radius 2 is 1.67 bits per heavy atom. The van der Waals surface area contributed by atoms with E-state index in [0.717, 1.165) is 16.7 Å². The van der Waals surface area contributed by atoms with E-state index in [4.69, 9.17) is 5.11 Å². The van der Waals surface area contributed by atoms with Crippen LogP contribution in [0.4, 0.5) is 4.79 Å². The van der Waals surface area contributed by atoms with E-state index < -0.39 is 11.5 Å². The van der Waals surface area contributed by atoms with Crippen molar-refractivity contribution in [2.24, 2.45) is 0 Å². The van der Waals surface area contributed by atoms with E-state index in [1.807, 2.05) is 45.0 Å². The van der Waals surface area contributed by atoms with Gasteiger partial charge in [0.25, 0.3) is 0 Å². The van der Waals surface area contributed by atoms with Gasteiger partial charge < -0.3 is 15.7 Å². The van der Waals surface area contributed by atoms with Gasteiger partial charge in [0.05, 0.1) is 11.1 Å². The largest absolute Gasteiger partial charge is 0.478 e. The molecule has 0 fully saturated rings. The Bertz CT molecular complexity index is 737. The van der Waals surface area contributed by atoms with E-state index in [1.54, 1.807) is 12.1 Å². The molecule has 2 aromatic carbocycles. The van der Waals surface area contributed by atoms with Gasteiger partial charge in [0.2, 0.25) is 0 Å². The second-order valence-corrected chi connectivity index (χ2v) is 6.25. The first-order valence-corrected chi connectivity index (χ1v) is 7.74. The summed E-state index contributed by atoms with van der Waals surface area (Å²) in [5, 5.41) is 14.6. The number of nitrogens with one attached hydrogen (secondary N) is 2. The lowest BCUT2D eigenvalue weighted by Gasteiger charge is -2.28. The first-order chi connectivity index (χ1) is 11.3. The van der Waals surface area contributed by atoms with Crippen LogP contribution in [0.1, 0.15) is 40.9 Å². The van der Waals surface area contributed by atoms with Crippen LogP contribution in [-0.4, -0.2) is 17.1 Å². The molecule has 126 valence electrons. The number of urea groups is 1. The second-order valence-electron chi connectivity index (χ2n) is 6.25. The lowest BCUT2D eigenvalue weighted by molar-refractivity contribution is 0.0697. The molecule has 0 aliphatic heterocycles. The third kappa shape index (κ3) is 4.35. The second kappa shape index (κ2) is 7.17. The van der Waals surface area contributed by atoms with Crippen molar-refractivity contribution in [1.82, 2.24) is 10.6 Å². The number of carbonyl (C=O) groups excluding carboxylic acids is 1. The van der Waals surface area contributed by atoms with Crippen LogP contribution >= 0.6 is 0 Å². The number of hydrogen-bond acceptors (Lipinski definition) is 2. The summed E-state index contributed by atoms with van der Waals surface area (Å²) in [7, 11) is 0. The Hall–Kier alpha value is -2.82. The maximum Gasteiger partial charge on any atom is 0.335 e. The Labute approximate surface area is 141 Å². The molecule has 5 heteroatoms. The van der Waals surface area contributed by atoms with Crippen molar-refractivity contribution in [2.75, 3.05) is 0 Å². The summed E-state index contributed by atoms with van der Waals surface area (Å²) >= 11 is 0. The van der Waals surface area contributed by atoms with Gasteiger partial charge in [-0.05, 0) is 49.6 Å². The van der Waals surface area contributed by atoms with Crippen molar-refractivity contribution in [1.29, 1.82) is 0 Å². The van der Waals surface area contributed by atoms with Crippen LogP contribution in [0.3, 0.4) is 0 Å². The lowest BCUT2D eigenvalue weighted by atomic mass is 9.90. The zero-order chi connectivity index (χ0) is 17.7. The number of amides is 2. The minimum atomic E-state index is -0.966. The monoisotopic (exact) mass is 326 g/mol. The topological polar surface area (TPSA) is 78.4 Å². The molecule has 24 heavy (non-hydrogen) atoms. The molecule has 0 aromatic heterocycles. The van der Waals surface area contributed by atoms with Crippen molar-refractivity contribution in [3.05, 3.63) is 70.8 Å². The molecule has 0 radical (unpaired) electrons. The Morgan fingerprint density at radius 3 is 2.25 bits per heavy atom. The highest BCUT2D eigenvalue weighted by molar-refractivity contribution is 5.87. The van der Waals surface area contributed by atoms with E-state index in [-0.39, 0.29) is 11.6 Å². The molecule has 0 bridgehead atoms. The highest BCUT2D eigenvalue weighted by atomic mass is 16.4. The molecule has 0 saturated heterocycles. The van der Waals surface area contributed by atoms with E-state index in [9.17, 15) is 9.59 Å². The summed E-state index contributed by atoms with van der Waals surface area (Å²) in [6.07, 6.45) is 0. The Balaban J connectivity index is 1.95. The van der Waals surface area contributed by atoms with E-state index >= 15 is 0 Å². The molecule has 0 unspecified atom stereocenters. The summed E-state index contributed by atoms with van der Waals surface area (Å²) in [5.41, 5.74) is 2.74. The van der Waals surface area contributed by atoms with Crippen molar-refractivity contribution < 1.29 is 14.7 Å². The zero-order valence-electron chi connectivity index (χ0n) is 14.1. The third-order valence-corrected chi connectivity index (χ3v) is 3.90. The van der Waals surface area contributed by atoms with Gasteiger partial charge in [-0.1, -0.05) is 36.4 Å². The van der Waals surface area contributed by atoms with E-state index in [2.05, 4.69) is 10.6 Å². The molecule has 5 nitrogen and oxygen atoms in total. The number of carboxylic acids is 1. The van der Waals surface area contributed by atoms with Gasteiger partial charge in [-0.2, -0.15) is 0 Å². The molecule has 2 aromatic rings. The predicted octanol–water partition coefficient (Wildman–Crippen LogP) is 3.43. The average Bonchev–Trinajstić information content (AvgIpc) is 2.53. The molecule has 0 atom stereocenters. The van der Waals surface area contributed by atoms with Crippen LogP contribution in [0.15, 0.2) is 48.5 Å². The summed E-state index contributed by atoms with van der Waals surface area (Å²) in [4.78, 5) is 23.0. The SMILES string of the molecule is Cc1ccccc1C(C)(C)NC(=O)NCc1ccc(C(=O)O)cc1. The maximum atomic E-state index is 12.2. The fourth-order valence-corrected chi connectivity index (χ4v) is 2.62. The van der Waals surface area contributed by atoms with E-state index in [1.165, 1.54) is 12.1 Å². The number of hydrogen-bond donors (Lipinski definition) is 3. The summed E-state index contributed by atoms with van der Waals surface area (Å²) in [6.45, 7) is 6.25. The van der Waals surface area contributed by atoms with Crippen LogP contribution in [0.25, 0.3) is 0 Å². The molecule has 0 heterocycles. The van der Waals surface area contributed by atoms with Gasteiger partial charge in [0, 0.05) is 6.54 Å². The summed E-state index contributed by atoms with van der Waals surface area (Å²) in [5.74, 6) is -0.966. The number of carboxylic acid groups (broad SMARTS) is 1. The number of benzene rings is 2. The van der Waals surface area contributed by atoms with Gasteiger partial charge in [0.1, 0.15) is 0 Å². The molecular formula is C19H22N2O3. The number of rotatable bonds is 5. The minimum absolute atomic E-state index is 0.226. The van der Waals surface area contributed by atoms with E-state index in [0.29, 0.717) is 6.54 Å². The molecular weight excluding hydrogens is 304 g/mol. The van der Waals surface area contributed by atoms with Crippen molar-refractivity contribution >= 4 is 12.0 Å². The normalized spacial score (nSPS) is 11.0. The minimum Gasteiger partial charge on any atom is -0.478 e. The first kappa shape index (κ1) is 17.5. The number of aryl methyl sites for hydroxylation is 1. The zero-order valence-corrected chi connectivity index (χ0v) is 14.1. The Morgan fingerprint density at radius 1 is 1.04 bits per heavy atom. The highest BCUT2D eigenvalue weighted by Crippen LogP contribution is 2.23. The molecule has 2 rings (SSSR count).